The van der Waals surface area contributed by atoms with Crippen LogP contribution in [-0.2, 0) is 28.8 Å². The van der Waals surface area contributed by atoms with Gasteiger partial charge in [-0.15, -0.1) is 0 Å². The summed E-state index contributed by atoms with van der Waals surface area (Å²) in [5.74, 6) is -7.06. The van der Waals surface area contributed by atoms with Gasteiger partial charge in [-0.05, 0) is 45.1 Å². The number of rotatable bonds is 25. The fraction of sp³-hybridized carbons (Fsp3) is 0.517. The molecular weight excluding hydrogens is 734 g/mol. The zero-order valence-electron chi connectivity index (χ0n) is 30.7. The number of hydrogen-bond donors (Lipinski definition) is 12. The maximum Gasteiger partial charge on any atom is 0.303 e. The van der Waals surface area contributed by atoms with E-state index in [0.717, 1.165) is 12.1 Å². The third-order valence-corrected chi connectivity index (χ3v) is 7.37. The smallest absolute Gasteiger partial charge is 0.303 e. The molecule has 1 aromatic rings. The maximum absolute atomic E-state index is 13.7. The summed E-state index contributed by atoms with van der Waals surface area (Å²) in [4.78, 5) is 105. The van der Waals surface area contributed by atoms with Crippen LogP contribution >= 0.6 is 0 Å². The summed E-state index contributed by atoms with van der Waals surface area (Å²) in [7, 11) is 0. The summed E-state index contributed by atoms with van der Waals surface area (Å²) in [5, 5.41) is 41.4. The second-order valence-corrected chi connectivity index (χ2v) is 11.8. The van der Waals surface area contributed by atoms with E-state index < -0.39 is 106 Å². The molecule has 0 spiro atoms. The van der Waals surface area contributed by atoms with E-state index in [1.807, 2.05) is 0 Å². The maximum atomic E-state index is 13.7. The first-order chi connectivity index (χ1) is 26.2. The van der Waals surface area contributed by atoms with Crippen molar-refractivity contribution in [3.63, 3.8) is 0 Å². The van der Waals surface area contributed by atoms with Gasteiger partial charge in [0, 0.05) is 32.1 Å². The van der Waals surface area contributed by atoms with Crippen LogP contribution in [0.3, 0.4) is 0 Å². The molecule has 0 saturated heterocycles. The molecule has 26 nitrogen and oxygen atoms in total. The molecule has 0 unspecified atom stereocenters. The molecule has 304 valence electrons. The lowest BCUT2D eigenvalue weighted by atomic mass is 10.1. The van der Waals surface area contributed by atoms with E-state index in [9.17, 15) is 54.1 Å². The highest BCUT2D eigenvalue weighted by Crippen LogP contribution is 2.28. The molecule has 0 aliphatic heterocycles. The number of non-ortho nitro benzene ring substituents is 1. The molecule has 0 heterocycles. The van der Waals surface area contributed by atoms with Crippen LogP contribution in [0.4, 0.5) is 17.1 Å². The Morgan fingerprint density at radius 1 is 0.800 bits per heavy atom. The summed E-state index contributed by atoms with van der Waals surface area (Å²) in [5.41, 5.74) is 31.2. The number of nitro groups is 2. The molecule has 0 bridgehead atoms. The van der Waals surface area contributed by atoms with Crippen LogP contribution in [0.15, 0.2) is 28.2 Å². The number of hydrogen-bond acceptors (Lipinski definition) is 14. The number of nitrogens with one attached hydrogen (secondary N) is 5. The normalized spacial score (nSPS) is 13.5. The monoisotopic (exact) mass is 782 g/mol. The van der Waals surface area contributed by atoms with Gasteiger partial charge in [-0.25, -0.2) is 0 Å². The fourth-order valence-electron chi connectivity index (χ4n) is 4.51. The number of aliphatic carboxylic acids is 1. The van der Waals surface area contributed by atoms with Crippen molar-refractivity contribution in [2.45, 2.75) is 75.7 Å². The van der Waals surface area contributed by atoms with Gasteiger partial charge >= 0.3 is 5.97 Å². The van der Waals surface area contributed by atoms with E-state index in [1.165, 1.54) is 6.92 Å². The van der Waals surface area contributed by atoms with Crippen LogP contribution in [-0.4, -0.2) is 112 Å². The number of amides is 5. The van der Waals surface area contributed by atoms with Crippen molar-refractivity contribution in [3.05, 3.63) is 38.4 Å². The van der Waals surface area contributed by atoms with Gasteiger partial charge in [0.1, 0.15) is 35.9 Å². The van der Waals surface area contributed by atoms with E-state index in [0.29, 0.717) is 6.07 Å². The molecule has 5 amide bonds. The van der Waals surface area contributed by atoms with E-state index in [4.69, 9.17) is 35.8 Å². The number of aliphatic imine (C=N–C) groups is 2. The molecule has 26 heteroatoms. The predicted octanol–water partition coefficient (Wildman–Crippen LogP) is -4.34. The third kappa shape index (κ3) is 17.5. The number of nitro benzene ring substituents is 2. The van der Waals surface area contributed by atoms with Crippen LogP contribution in [0, 0.1) is 20.2 Å². The Labute approximate surface area is 314 Å². The standard InChI is InChI=1S/C29H47N15O11/c1-14(39-25(49)16(30)13-38-17-7-6-15(43(52)53)12-21(17)44(54)55)24(48)41-19(5-3-11-37-29(34)35)26(50)42-20(8-9-22(45)46)27(51)40-18(23(31)47)4-2-10-36-28(32)33/h6-7,12,14,16,18-20,38H,2-5,8-11,13,30H2,1H3,(H2,31,47)(H,39,49)(H,40,51)(H,41,48)(H,42,50)(H,45,46)(H4,32,33,36)(H4,34,35,37)/t14-,16-,18-,19-,20-/m0/s1/i/hD. The summed E-state index contributed by atoms with van der Waals surface area (Å²) in [6.07, 6.45) is -1.34. The topological polar surface area (TPSA) is 450 Å². The molecular formula is C29H47N15O11. The Hall–Kier alpha value is -6.86. The van der Waals surface area contributed by atoms with Crippen LogP contribution < -0.4 is 61.0 Å². The lowest BCUT2D eigenvalue weighted by Gasteiger charge is -2.25. The minimum Gasteiger partial charge on any atom is -0.481 e. The molecule has 0 aliphatic carbocycles. The number of carboxylic acids is 1. The van der Waals surface area contributed by atoms with Crippen molar-refractivity contribution in [1.82, 2.24) is 21.3 Å². The molecule has 0 aliphatic rings. The number of anilines is 1. The third-order valence-electron chi connectivity index (χ3n) is 7.37. The largest absolute Gasteiger partial charge is 0.481 e. The molecule has 0 aromatic heterocycles. The first kappa shape index (κ1) is 44.3. The highest BCUT2D eigenvalue weighted by Gasteiger charge is 2.31. The van der Waals surface area contributed by atoms with Gasteiger partial charge in [0.15, 0.2) is 13.3 Å². The van der Waals surface area contributed by atoms with Gasteiger partial charge in [0.05, 0.1) is 15.9 Å². The molecule has 0 radical (unpaired) electrons. The minimum absolute atomic E-state index is 0.0376. The Morgan fingerprint density at radius 3 is 1.87 bits per heavy atom. The predicted molar refractivity (Wildman–Crippen MR) is 195 cm³/mol. The van der Waals surface area contributed by atoms with E-state index in [2.05, 4.69) is 31.3 Å². The molecule has 18 N–H and O–H groups in total. The number of benzene rings is 1. The number of carboxylic acid groups (broad SMARTS) is 1. The van der Waals surface area contributed by atoms with Gasteiger partial charge in [-0.3, -0.25) is 59.0 Å². The zero-order chi connectivity index (χ0) is 42.7. The van der Waals surface area contributed by atoms with Crippen molar-refractivity contribution in [3.8, 4) is 0 Å². The number of carbonyl (C=O) groups is 6. The van der Waals surface area contributed by atoms with Crippen LogP contribution in [0.1, 0.15) is 45.4 Å². The van der Waals surface area contributed by atoms with Crippen molar-refractivity contribution < 1.29 is 45.1 Å². The highest BCUT2D eigenvalue weighted by molar-refractivity contribution is 5.96. The van der Waals surface area contributed by atoms with Crippen LogP contribution in [0.25, 0.3) is 0 Å². The highest BCUT2D eigenvalue weighted by atomic mass is 16.6. The summed E-state index contributed by atoms with van der Waals surface area (Å²) in [6.45, 7) is 0.826. The van der Waals surface area contributed by atoms with Crippen LogP contribution in [0.2, 0.25) is 1.41 Å². The van der Waals surface area contributed by atoms with Crippen LogP contribution in [0.5, 0.6) is 0 Å². The van der Waals surface area contributed by atoms with Crippen molar-refractivity contribution >= 4 is 64.5 Å². The van der Waals surface area contributed by atoms with E-state index in [1.54, 1.807) is 0 Å². The lowest BCUT2D eigenvalue weighted by Crippen LogP contribution is -2.58. The number of nitrogens with two attached hydrogens (primary N) is 6. The molecule has 0 saturated carbocycles. The number of carbonyl (C=O) groups excluding carboxylic acids is 5. The van der Waals surface area contributed by atoms with Gasteiger partial charge in [-0.1, -0.05) is 0 Å². The molecule has 1 rings (SSSR count). The van der Waals surface area contributed by atoms with Gasteiger partial charge in [-0.2, -0.15) is 0 Å². The van der Waals surface area contributed by atoms with E-state index in [-0.39, 0.29) is 61.7 Å². The van der Waals surface area contributed by atoms with Crippen molar-refractivity contribution in [1.29, 1.82) is 0 Å². The van der Waals surface area contributed by atoms with Gasteiger partial charge in [0.25, 0.3) is 11.4 Å². The Morgan fingerprint density at radius 2 is 1.36 bits per heavy atom. The zero-order valence-corrected chi connectivity index (χ0v) is 29.7. The van der Waals surface area contributed by atoms with Gasteiger partial charge in [0.2, 0.25) is 29.5 Å². The van der Waals surface area contributed by atoms with Crippen molar-refractivity contribution in [2.24, 2.45) is 44.4 Å². The quantitative estimate of drug-likeness (QED) is 0.0147. The molecule has 55 heavy (non-hydrogen) atoms. The second-order valence-electron chi connectivity index (χ2n) is 11.8. The Bertz CT molecular complexity index is 1670. The molecule has 5 atom stereocenters. The molecule has 0 fully saturated rings. The summed E-state index contributed by atoms with van der Waals surface area (Å²) in [6, 6.07) is -4.75. The van der Waals surface area contributed by atoms with Crippen molar-refractivity contribution in [2.75, 3.05) is 25.0 Å². The first-order valence-corrected chi connectivity index (χ1v) is 16.4. The Kier molecular flexibility index (Phi) is 18.5. The fourth-order valence-corrected chi connectivity index (χ4v) is 4.51. The first-order valence-electron chi connectivity index (χ1n) is 16.9. The summed E-state index contributed by atoms with van der Waals surface area (Å²) >= 11 is 0. The SMILES string of the molecule is [2H]N(C(=O)[C@H](CCCN=C(N)N)NC(=O)[C@H](C)NC(=O)[C@@H](N)CNc1ccc([N+](=O)[O-])cc1[N+](=O)[O-])[C@@H](CCC(=O)O)C(=O)N[C@@H](CCCN=C(N)N)C(N)=O. The van der Waals surface area contributed by atoms with E-state index >= 15 is 0 Å². The average Bonchev–Trinajstić information content (AvgIpc) is 3.11. The number of nitrogens with zero attached hydrogens (tertiary/aromatic N) is 4. The number of primary amides is 1. The number of guanidine groups is 2. The lowest BCUT2D eigenvalue weighted by molar-refractivity contribution is -0.393. The average molecular weight is 783 g/mol. The second kappa shape index (κ2) is 22.9. The minimum atomic E-state index is -1.80. The van der Waals surface area contributed by atoms with Gasteiger partial charge < -0.3 is 66.1 Å². The Balaban J connectivity index is 3.17. The molecule has 1 aromatic carbocycles. The summed E-state index contributed by atoms with van der Waals surface area (Å²) < 4.78 is 8.55.